The molecule has 0 amide bonds. The van der Waals surface area contributed by atoms with Crippen molar-refractivity contribution in [3.05, 3.63) is 41.5 Å². The van der Waals surface area contributed by atoms with Gasteiger partial charge in [0.05, 0.1) is 11.6 Å². The number of rotatable bonds is 1. The lowest BCUT2D eigenvalue weighted by Crippen LogP contribution is -2.15. The number of azo groups is 1. The summed E-state index contributed by atoms with van der Waals surface area (Å²) in [6.07, 6.45) is 0. The van der Waals surface area contributed by atoms with Crippen LogP contribution in [0.4, 0.5) is 0 Å². The fourth-order valence-electron chi connectivity index (χ4n) is 1.55. The standard InChI is InChI=1S/C12H11N3/c1-12(2)10(8-13)11(14-15-12)9-6-4-3-5-7-9/h3-7H,1-2H3. The lowest BCUT2D eigenvalue weighted by Gasteiger charge is -2.11. The largest absolute Gasteiger partial charge is 0.193 e. The minimum Gasteiger partial charge on any atom is -0.193 e. The summed E-state index contributed by atoms with van der Waals surface area (Å²) < 4.78 is 0. The van der Waals surface area contributed by atoms with Crippen molar-refractivity contribution in [1.82, 2.24) is 0 Å². The molecule has 1 heterocycles. The Morgan fingerprint density at radius 1 is 1.20 bits per heavy atom. The zero-order valence-corrected chi connectivity index (χ0v) is 8.73. The Balaban J connectivity index is 2.56. The Morgan fingerprint density at radius 2 is 1.87 bits per heavy atom. The molecule has 2 rings (SSSR count). The van der Waals surface area contributed by atoms with Crippen LogP contribution in [-0.4, -0.2) is 5.54 Å². The first-order valence-electron chi connectivity index (χ1n) is 4.78. The molecule has 1 aromatic rings. The molecule has 0 saturated carbocycles. The van der Waals surface area contributed by atoms with Gasteiger partial charge in [0.25, 0.3) is 0 Å². The maximum atomic E-state index is 9.11. The topological polar surface area (TPSA) is 48.5 Å². The predicted octanol–water partition coefficient (Wildman–Crippen LogP) is 3.17. The van der Waals surface area contributed by atoms with Crippen LogP contribution in [0, 0.1) is 11.3 Å². The highest BCUT2D eigenvalue weighted by Gasteiger charge is 2.32. The van der Waals surface area contributed by atoms with E-state index in [0.29, 0.717) is 11.3 Å². The molecule has 0 aromatic heterocycles. The van der Waals surface area contributed by atoms with Gasteiger partial charge in [-0.1, -0.05) is 30.3 Å². The number of nitriles is 1. The zero-order valence-electron chi connectivity index (χ0n) is 8.73. The molecule has 1 aliphatic heterocycles. The Morgan fingerprint density at radius 3 is 2.47 bits per heavy atom. The average Bonchev–Trinajstić information content (AvgIpc) is 2.54. The van der Waals surface area contributed by atoms with Gasteiger partial charge < -0.3 is 0 Å². The first-order chi connectivity index (χ1) is 7.15. The monoisotopic (exact) mass is 197 g/mol. The Hall–Kier alpha value is -1.95. The van der Waals surface area contributed by atoms with Crippen LogP contribution >= 0.6 is 0 Å². The van der Waals surface area contributed by atoms with Crippen LogP contribution in [0.2, 0.25) is 0 Å². The van der Waals surface area contributed by atoms with E-state index >= 15 is 0 Å². The fourth-order valence-corrected chi connectivity index (χ4v) is 1.55. The van der Waals surface area contributed by atoms with E-state index in [9.17, 15) is 0 Å². The third-order valence-corrected chi connectivity index (χ3v) is 2.41. The van der Waals surface area contributed by atoms with Crippen molar-refractivity contribution in [3.63, 3.8) is 0 Å². The third kappa shape index (κ3) is 1.55. The summed E-state index contributed by atoms with van der Waals surface area (Å²) >= 11 is 0. The number of benzene rings is 1. The van der Waals surface area contributed by atoms with E-state index in [4.69, 9.17) is 5.26 Å². The van der Waals surface area contributed by atoms with Gasteiger partial charge in [-0.05, 0) is 13.8 Å². The minimum absolute atomic E-state index is 0.486. The molecule has 0 aliphatic carbocycles. The molecule has 0 radical (unpaired) electrons. The summed E-state index contributed by atoms with van der Waals surface area (Å²) in [7, 11) is 0. The van der Waals surface area contributed by atoms with E-state index in [2.05, 4.69) is 16.3 Å². The van der Waals surface area contributed by atoms with Crippen molar-refractivity contribution in [2.24, 2.45) is 10.2 Å². The highest BCUT2D eigenvalue weighted by molar-refractivity contribution is 5.74. The highest BCUT2D eigenvalue weighted by Crippen LogP contribution is 2.36. The minimum atomic E-state index is -0.486. The van der Waals surface area contributed by atoms with Crippen LogP contribution in [-0.2, 0) is 0 Å². The van der Waals surface area contributed by atoms with Gasteiger partial charge in [0.1, 0.15) is 11.2 Å². The number of hydrogen-bond donors (Lipinski definition) is 0. The summed E-state index contributed by atoms with van der Waals surface area (Å²) in [6, 6.07) is 11.9. The third-order valence-electron chi connectivity index (χ3n) is 2.41. The molecule has 0 N–H and O–H groups in total. The number of hydrogen-bond acceptors (Lipinski definition) is 3. The normalized spacial score (nSPS) is 17.9. The van der Waals surface area contributed by atoms with Gasteiger partial charge in [-0.15, -0.1) is 0 Å². The Labute approximate surface area is 88.8 Å². The molecule has 1 aliphatic rings. The van der Waals surface area contributed by atoms with E-state index in [-0.39, 0.29) is 0 Å². The summed E-state index contributed by atoms with van der Waals surface area (Å²) in [4.78, 5) is 0. The van der Waals surface area contributed by atoms with Crippen molar-refractivity contribution in [2.45, 2.75) is 19.4 Å². The lowest BCUT2D eigenvalue weighted by atomic mass is 9.93. The SMILES string of the molecule is CC1(C)N=NC(c2ccccc2)=C1C#N. The van der Waals surface area contributed by atoms with Gasteiger partial charge in [0.2, 0.25) is 0 Å². The lowest BCUT2D eigenvalue weighted by molar-refractivity contribution is 0.623. The second-order valence-corrected chi connectivity index (χ2v) is 3.96. The van der Waals surface area contributed by atoms with Crippen LogP contribution in [0.1, 0.15) is 19.4 Å². The summed E-state index contributed by atoms with van der Waals surface area (Å²) in [5, 5.41) is 17.3. The van der Waals surface area contributed by atoms with Crippen LogP contribution in [0.5, 0.6) is 0 Å². The summed E-state index contributed by atoms with van der Waals surface area (Å²) in [5.74, 6) is 0. The second-order valence-electron chi connectivity index (χ2n) is 3.96. The average molecular weight is 197 g/mol. The van der Waals surface area contributed by atoms with E-state index < -0.39 is 5.54 Å². The molecule has 15 heavy (non-hydrogen) atoms. The van der Waals surface area contributed by atoms with Crippen LogP contribution < -0.4 is 0 Å². The molecule has 0 spiro atoms. The molecule has 0 saturated heterocycles. The number of nitrogens with zero attached hydrogens (tertiary/aromatic N) is 3. The molecule has 1 aromatic carbocycles. The van der Waals surface area contributed by atoms with Gasteiger partial charge in [0, 0.05) is 5.56 Å². The fraction of sp³-hybridized carbons (Fsp3) is 0.250. The van der Waals surface area contributed by atoms with Crippen molar-refractivity contribution >= 4 is 5.70 Å². The van der Waals surface area contributed by atoms with Crippen LogP contribution in [0.25, 0.3) is 5.70 Å². The Bertz CT molecular complexity index is 475. The van der Waals surface area contributed by atoms with Gasteiger partial charge in [-0.3, -0.25) is 0 Å². The van der Waals surface area contributed by atoms with Crippen molar-refractivity contribution in [3.8, 4) is 6.07 Å². The highest BCUT2D eigenvalue weighted by atomic mass is 15.2. The van der Waals surface area contributed by atoms with Crippen molar-refractivity contribution in [1.29, 1.82) is 5.26 Å². The first kappa shape index (κ1) is 9.60. The quantitative estimate of drug-likeness (QED) is 0.682. The maximum absolute atomic E-state index is 9.11. The molecule has 0 atom stereocenters. The molecule has 0 unspecified atom stereocenters. The Kier molecular flexibility index (Phi) is 2.12. The summed E-state index contributed by atoms with van der Waals surface area (Å²) in [6.45, 7) is 3.79. The van der Waals surface area contributed by atoms with Gasteiger partial charge >= 0.3 is 0 Å². The van der Waals surface area contributed by atoms with Gasteiger partial charge in [-0.2, -0.15) is 15.5 Å². The van der Waals surface area contributed by atoms with Crippen molar-refractivity contribution in [2.75, 3.05) is 0 Å². The van der Waals surface area contributed by atoms with Crippen LogP contribution in [0.3, 0.4) is 0 Å². The van der Waals surface area contributed by atoms with E-state index in [1.54, 1.807) is 0 Å². The maximum Gasteiger partial charge on any atom is 0.113 e. The van der Waals surface area contributed by atoms with Gasteiger partial charge in [0.15, 0.2) is 0 Å². The van der Waals surface area contributed by atoms with E-state index in [1.807, 2.05) is 44.2 Å². The van der Waals surface area contributed by atoms with Gasteiger partial charge in [-0.25, -0.2) is 0 Å². The van der Waals surface area contributed by atoms with Crippen molar-refractivity contribution < 1.29 is 0 Å². The predicted molar refractivity (Wildman–Crippen MR) is 57.9 cm³/mol. The molecular formula is C12H11N3. The van der Waals surface area contributed by atoms with Crippen LogP contribution in [0.15, 0.2) is 46.1 Å². The summed E-state index contributed by atoms with van der Waals surface area (Å²) in [5.41, 5.74) is 1.79. The first-order valence-corrected chi connectivity index (χ1v) is 4.78. The van der Waals surface area contributed by atoms with E-state index in [1.165, 1.54) is 0 Å². The molecule has 0 bridgehead atoms. The second kappa shape index (κ2) is 3.32. The smallest absolute Gasteiger partial charge is 0.113 e. The zero-order chi connectivity index (χ0) is 10.9. The molecule has 0 fully saturated rings. The molecule has 3 heteroatoms. The van der Waals surface area contributed by atoms with E-state index in [0.717, 1.165) is 5.56 Å². The molecule has 3 nitrogen and oxygen atoms in total. The molecule has 74 valence electrons. The molecular weight excluding hydrogens is 186 g/mol.